The Labute approximate surface area is 228 Å². The Morgan fingerprint density at radius 3 is 1.12 bits per heavy atom. The Balaban J connectivity index is 1.58. The van der Waals surface area contributed by atoms with Gasteiger partial charge in [0, 0.05) is 34.0 Å². The summed E-state index contributed by atoms with van der Waals surface area (Å²) in [5, 5.41) is 30.8. The Kier molecular flexibility index (Phi) is 5.42. The number of amides is 2. The third-order valence-corrected chi connectivity index (χ3v) is 8.73. The first kappa shape index (κ1) is 24.3. The van der Waals surface area contributed by atoms with Gasteiger partial charge in [0.05, 0.1) is 11.1 Å². The molecule has 7 rings (SSSR count). The fourth-order valence-corrected chi connectivity index (χ4v) is 6.26. The van der Waals surface area contributed by atoms with E-state index in [-0.39, 0.29) is 40.4 Å². The maximum atomic E-state index is 13.6. The molecule has 0 bridgehead atoms. The summed E-state index contributed by atoms with van der Waals surface area (Å²) in [5.41, 5.74) is 0.641. The molecule has 5 aromatic carbocycles. The molecule has 0 radical (unpaired) electrons. The summed E-state index contributed by atoms with van der Waals surface area (Å²) >= 11 is 0. The summed E-state index contributed by atoms with van der Waals surface area (Å²) in [5.74, 6) is -2.89. The SMILES string of the molecule is O=C(O)c1ccc2c3ccc(C(=O)NC4CCC4)c4c(C(=O)NC5CCC5)ccc(c5ccc(C(=O)O)c1c25)c43. The first-order chi connectivity index (χ1) is 19.3. The van der Waals surface area contributed by atoms with Crippen LogP contribution in [0.15, 0.2) is 48.5 Å². The van der Waals surface area contributed by atoms with E-state index in [2.05, 4.69) is 10.6 Å². The van der Waals surface area contributed by atoms with Gasteiger partial charge in [-0.25, -0.2) is 9.59 Å². The molecule has 0 aliphatic heterocycles. The number of rotatable bonds is 6. The molecule has 2 aliphatic rings. The largest absolute Gasteiger partial charge is 0.478 e. The molecule has 8 nitrogen and oxygen atoms in total. The first-order valence-electron chi connectivity index (χ1n) is 13.6. The minimum absolute atomic E-state index is 0.0920. The van der Waals surface area contributed by atoms with Gasteiger partial charge in [0.2, 0.25) is 0 Å². The molecule has 5 aromatic rings. The molecule has 0 saturated heterocycles. The lowest BCUT2D eigenvalue weighted by molar-refractivity contribution is 0.0695. The van der Waals surface area contributed by atoms with Crippen LogP contribution in [0.3, 0.4) is 0 Å². The molecule has 0 aromatic heterocycles. The second kappa shape index (κ2) is 8.91. The fourth-order valence-electron chi connectivity index (χ4n) is 6.26. The average Bonchev–Trinajstić information content (AvgIpc) is 2.89. The number of hydrogen-bond acceptors (Lipinski definition) is 4. The van der Waals surface area contributed by atoms with Gasteiger partial charge in [-0.3, -0.25) is 9.59 Å². The van der Waals surface area contributed by atoms with Crippen LogP contribution in [0.5, 0.6) is 0 Å². The lowest BCUT2D eigenvalue weighted by atomic mass is 9.84. The van der Waals surface area contributed by atoms with Gasteiger partial charge in [0.15, 0.2) is 0 Å². The second-order valence-corrected chi connectivity index (χ2v) is 11.0. The van der Waals surface area contributed by atoms with Crippen LogP contribution in [0.1, 0.15) is 80.0 Å². The van der Waals surface area contributed by atoms with Crippen LogP contribution in [-0.2, 0) is 0 Å². The lowest BCUT2D eigenvalue weighted by Gasteiger charge is -2.28. The van der Waals surface area contributed by atoms with E-state index in [1.807, 2.05) is 12.1 Å². The Hall–Kier alpha value is -4.72. The van der Waals surface area contributed by atoms with Crippen LogP contribution in [0.25, 0.3) is 43.1 Å². The Morgan fingerprint density at radius 1 is 0.500 bits per heavy atom. The van der Waals surface area contributed by atoms with Crippen molar-refractivity contribution in [2.24, 2.45) is 0 Å². The monoisotopic (exact) mass is 534 g/mol. The highest BCUT2D eigenvalue weighted by atomic mass is 16.4. The van der Waals surface area contributed by atoms with Crippen LogP contribution >= 0.6 is 0 Å². The van der Waals surface area contributed by atoms with Gasteiger partial charge in [0.1, 0.15) is 0 Å². The van der Waals surface area contributed by atoms with E-state index in [0.29, 0.717) is 32.7 Å². The van der Waals surface area contributed by atoms with Gasteiger partial charge in [0.25, 0.3) is 11.8 Å². The quantitative estimate of drug-likeness (QED) is 0.163. The molecule has 0 heterocycles. The van der Waals surface area contributed by atoms with E-state index in [0.717, 1.165) is 54.7 Å². The van der Waals surface area contributed by atoms with Crippen LogP contribution in [-0.4, -0.2) is 46.0 Å². The minimum Gasteiger partial charge on any atom is -0.478 e. The predicted octanol–water partition coefficient (Wildman–Crippen LogP) is 5.70. The zero-order valence-electron chi connectivity index (χ0n) is 21.5. The van der Waals surface area contributed by atoms with Gasteiger partial charge in [-0.1, -0.05) is 24.3 Å². The van der Waals surface area contributed by atoms with Crippen molar-refractivity contribution < 1.29 is 29.4 Å². The van der Waals surface area contributed by atoms with Crippen LogP contribution in [0.4, 0.5) is 0 Å². The molecule has 2 aliphatic carbocycles. The summed E-state index contributed by atoms with van der Waals surface area (Å²) < 4.78 is 0. The topological polar surface area (TPSA) is 133 Å². The van der Waals surface area contributed by atoms with Crippen molar-refractivity contribution in [3.05, 3.63) is 70.8 Å². The maximum Gasteiger partial charge on any atom is 0.336 e. The van der Waals surface area contributed by atoms with Crippen molar-refractivity contribution in [2.75, 3.05) is 0 Å². The molecule has 2 amide bonds. The number of aromatic carboxylic acids is 2. The summed E-state index contributed by atoms with van der Waals surface area (Å²) in [7, 11) is 0. The summed E-state index contributed by atoms with van der Waals surface area (Å²) in [6.45, 7) is 0. The Morgan fingerprint density at radius 2 is 0.825 bits per heavy atom. The maximum absolute atomic E-state index is 13.6. The van der Waals surface area contributed by atoms with E-state index in [4.69, 9.17) is 0 Å². The number of hydrogen-bond donors (Lipinski definition) is 4. The van der Waals surface area contributed by atoms with Gasteiger partial charge in [-0.15, -0.1) is 0 Å². The summed E-state index contributed by atoms with van der Waals surface area (Å²) in [4.78, 5) is 51.4. The molecular weight excluding hydrogens is 508 g/mol. The molecule has 4 N–H and O–H groups in total. The average molecular weight is 535 g/mol. The van der Waals surface area contributed by atoms with E-state index in [1.165, 1.54) is 12.1 Å². The number of carboxylic acid groups (broad SMARTS) is 2. The third kappa shape index (κ3) is 3.52. The normalized spacial score (nSPS) is 15.8. The van der Waals surface area contributed by atoms with Gasteiger partial charge in [-0.2, -0.15) is 0 Å². The van der Waals surface area contributed by atoms with Crippen molar-refractivity contribution in [3.63, 3.8) is 0 Å². The fraction of sp³-hybridized carbons (Fsp3) is 0.250. The molecule has 40 heavy (non-hydrogen) atoms. The van der Waals surface area contributed by atoms with E-state index < -0.39 is 11.9 Å². The van der Waals surface area contributed by atoms with Crippen molar-refractivity contribution >= 4 is 66.8 Å². The van der Waals surface area contributed by atoms with Crippen LogP contribution < -0.4 is 10.6 Å². The molecule has 0 unspecified atom stereocenters. The summed E-state index contributed by atoms with van der Waals surface area (Å²) in [6.07, 6.45) is 5.84. The number of benzene rings is 5. The molecule has 0 spiro atoms. The zero-order valence-corrected chi connectivity index (χ0v) is 21.5. The highest BCUT2D eigenvalue weighted by Crippen LogP contribution is 2.44. The number of carboxylic acids is 2. The van der Waals surface area contributed by atoms with Crippen molar-refractivity contribution in [2.45, 2.75) is 50.6 Å². The minimum atomic E-state index is -1.21. The van der Waals surface area contributed by atoms with Gasteiger partial charge >= 0.3 is 11.9 Å². The molecular formula is C32H26N2O6. The Bertz CT molecular complexity index is 1790. The van der Waals surface area contributed by atoms with Crippen molar-refractivity contribution in [3.8, 4) is 0 Å². The molecule has 0 atom stereocenters. The molecule has 8 heteroatoms. The number of carbonyl (C=O) groups is 4. The zero-order chi connectivity index (χ0) is 27.7. The smallest absolute Gasteiger partial charge is 0.336 e. The molecule has 2 saturated carbocycles. The van der Waals surface area contributed by atoms with Gasteiger partial charge in [-0.05, 0) is 95.1 Å². The van der Waals surface area contributed by atoms with Crippen molar-refractivity contribution in [1.82, 2.24) is 10.6 Å². The lowest BCUT2D eigenvalue weighted by Crippen LogP contribution is -2.40. The second-order valence-electron chi connectivity index (χ2n) is 11.0. The predicted molar refractivity (Wildman–Crippen MR) is 152 cm³/mol. The van der Waals surface area contributed by atoms with Gasteiger partial charge < -0.3 is 20.8 Å². The molecule has 200 valence electrons. The number of fused-ring (bicyclic) bond motifs is 2. The standard InChI is InChI=1S/C32H26N2O6/c35-29(33-15-3-1-4-15)21-11-7-17-19-9-13-23(31(37)38)28-24(32(39)40)14-10-20(26(19)28)18-8-12-22(27(21)25(17)18)30(36)34-16-5-2-6-16/h7-16H,1-6H2,(H,33,35)(H,34,36)(H,37,38)(H,39,40). The van der Waals surface area contributed by atoms with E-state index in [1.54, 1.807) is 24.3 Å². The third-order valence-electron chi connectivity index (χ3n) is 8.73. The van der Waals surface area contributed by atoms with Crippen LogP contribution in [0.2, 0.25) is 0 Å². The highest BCUT2D eigenvalue weighted by Gasteiger charge is 2.28. The van der Waals surface area contributed by atoms with Crippen molar-refractivity contribution in [1.29, 1.82) is 0 Å². The van der Waals surface area contributed by atoms with E-state index >= 15 is 0 Å². The summed E-state index contributed by atoms with van der Waals surface area (Å²) in [6, 6.07) is 13.5. The first-order valence-corrected chi connectivity index (χ1v) is 13.6. The highest BCUT2D eigenvalue weighted by molar-refractivity contribution is 6.38. The number of carbonyl (C=O) groups excluding carboxylic acids is 2. The van der Waals surface area contributed by atoms with E-state index in [9.17, 15) is 29.4 Å². The van der Waals surface area contributed by atoms with Crippen LogP contribution in [0, 0.1) is 0 Å². The molecule has 2 fully saturated rings. The number of nitrogens with one attached hydrogen (secondary N) is 2.